The molecule has 0 bridgehead atoms. The van der Waals surface area contributed by atoms with Crippen LogP contribution in [0.25, 0.3) is 0 Å². The molecule has 1 aliphatic heterocycles. The number of benzene rings is 1. The fraction of sp³-hybridized carbons (Fsp3) is 0.375. The molecule has 1 saturated heterocycles. The zero-order chi connectivity index (χ0) is 29.7. The highest BCUT2D eigenvalue weighted by Crippen LogP contribution is 2.23. The molecule has 2 aromatic rings. The van der Waals surface area contributed by atoms with Gasteiger partial charge in [-0.05, 0) is 79.9 Å². The van der Waals surface area contributed by atoms with Gasteiger partial charge in [-0.2, -0.15) is 8.42 Å². The number of amidine groups is 1. The number of nitrogens with one attached hydrogen (secondary N) is 5. The molecule has 0 saturated carbocycles. The summed E-state index contributed by atoms with van der Waals surface area (Å²) in [7, 11) is -4.30. The number of urea groups is 1. The largest absolute Gasteiger partial charge is 0.443 e. The Morgan fingerprint density at radius 3 is 2.33 bits per heavy atom. The van der Waals surface area contributed by atoms with Crippen LogP contribution in [0.2, 0.25) is 0 Å². The van der Waals surface area contributed by atoms with Gasteiger partial charge in [-0.15, -0.1) is 0 Å². The van der Waals surface area contributed by atoms with Crippen LogP contribution in [-0.2, 0) is 19.7 Å². The van der Waals surface area contributed by atoms with Gasteiger partial charge in [0.2, 0.25) is 5.78 Å². The number of amides is 3. The third-order valence-corrected chi connectivity index (χ3v) is 6.98. The van der Waals surface area contributed by atoms with E-state index in [4.69, 9.17) is 10.1 Å². The average Bonchev–Trinajstić information content (AvgIpc) is 2.85. The van der Waals surface area contributed by atoms with Crippen molar-refractivity contribution < 1.29 is 31.9 Å². The quantitative estimate of drug-likeness (QED) is 0.221. The van der Waals surface area contributed by atoms with Crippen molar-refractivity contribution in [3.63, 3.8) is 0 Å². The average molecular weight is 643 g/mol. The van der Waals surface area contributed by atoms with Crippen molar-refractivity contribution in [3.05, 3.63) is 46.8 Å². The molecule has 1 aromatic carbocycles. The molecule has 1 aliphatic rings. The van der Waals surface area contributed by atoms with E-state index < -0.39 is 45.5 Å². The smallest absolute Gasteiger partial charge is 0.422 e. The Balaban J connectivity index is 1.47. The molecule has 13 nitrogen and oxygen atoms in total. The monoisotopic (exact) mass is 641 g/mol. The number of ether oxygens (including phenoxy) is 1. The standard InChI is InChI=1S/C24H29BrFN7O6S/c1-24(2,3)39-23(36)32-40(37,38)31-19-7-5-16(13-28-19)30-22(35)33-10-8-14(9-11-33)20(34)21(27)29-15-4-6-18(26)17(25)12-15/h4-7,12-14H,8-11H2,1-3H3,(H2,27,29)(H,28,31)(H,30,35)(H,32,36). The molecular formula is C24H29BrFN7O6S. The van der Waals surface area contributed by atoms with Crippen molar-refractivity contribution in [2.75, 3.05) is 28.4 Å². The highest BCUT2D eigenvalue weighted by Gasteiger charge is 2.29. The third-order valence-electron chi connectivity index (χ3n) is 5.46. The lowest BCUT2D eigenvalue weighted by molar-refractivity contribution is -0.117. The second kappa shape index (κ2) is 12.6. The van der Waals surface area contributed by atoms with Crippen LogP contribution in [-0.4, -0.2) is 60.7 Å². The number of halogens is 2. The van der Waals surface area contributed by atoms with Gasteiger partial charge in [0.05, 0.1) is 16.4 Å². The minimum atomic E-state index is -4.30. The number of rotatable bonds is 7. The van der Waals surface area contributed by atoms with Gasteiger partial charge in [-0.1, -0.05) is 0 Å². The molecule has 0 spiro atoms. The number of ketones is 1. The van der Waals surface area contributed by atoms with Gasteiger partial charge >= 0.3 is 22.3 Å². The van der Waals surface area contributed by atoms with Crippen LogP contribution in [0.15, 0.2) is 41.0 Å². The van der Waals surface area contributed by atoms with E-state index in [0.29, 0.717) is 24.2 Å². The molecule has 2 heterocycles. The Hall–Kier alpha value is -3.79. The predicted molar refractivity (Wildman–Crippen MR) is 150 cm³/mol. The normalized spacial score (nSPS) is 14.2. The lowest BCUT2D eigenvalue weighted by Gasteiger charge is -2.31. The van der Waals surface area contributed by atoms with Gasteiger partial charge in [0, 0.05) is 24.7 Å². The molecule has 0 radical (unpaired) electrons. The minimum Gasteiger partial charge on any atom is -0.443 e. The molecule has 16 heteroatoms. The van der Waals surface area contributed by atoms with Gasteiger partial charge in [0.1, 0.15) is 17.2 Å². The Bertz CT molecular complexity index is 1390. The lowest BCUT2D eigenvalue weighted by Crippen LogP contribution is -2.44. The Kier molecular flexibility index (Phi) is 9.68. The van der Waals surface area contributed by atoms with Crippen molar-refractivity contribution in [1.82, 2.24) is 14.6 Å². The van der Waals surface area contributed by atoms with E-state index in [2.05, 4.69) is 36.3 Å². The van der Waals surface area contributed by atoms with Crippen LogP contribution >= 0.6 is 15.9 Å². The zero-order valence-electron chi connectivity index (χ0n) is 21.9. The number of carbonyl (C=O) groups is 3. The molecule has 40 heavy (non-hydrogen) atoms. The van der Waals surface area contributed by atoms with Crippen LogP contribution in [0.3, 0.4) is 0 Å². The number of hydrogen-bond acceptors (Lipinski definition) is 8. The topological polar surface area (TPSA) is 183 Å². The summed E-state index contributed by atoms with van der Waals surface area (Å²) < 4.78 is 46.5. The van der Waals surface area contributed by atoms with Crippen molar-refractivity contribution in [3.8, 4) is 0 Å². The first-order valence-corrected chi connectivity index (χ1v) is 14.3. The fourth-order valence-electron chi connectivity index (χ4n) is 3.63. The Morgan fingerprint density at radius 2 is 1.75 bits per heavy atom. The van der Waals surface area contributed by atoms with Crippen molar-refractivity contribution in [2.45, 2.75) is 39.2 Å². The molecule has 3 rings (SSSR count). The van der Waals surface area contributed by atoms with E-state index in [1.807, 2.05) is 0 Å². The van der Waals surface area contributed by atoms with Crippen molar-refractivity contribution >= 4 is 67.1 Å². The Labute approximate surface area is 239 Å². The van der Waals surface area contributed by atoms with Crippen molar-refractivity contribution in [2.24, 2.45) is 5.92 Å². The van der Waals surface area contributed by atoms with E-state index in [-0.39, 0.29) is 29.2 Å². The van der Waals surface area contributed by atoms with Crippen LogP contribution in [0, 0.1) is 17.1 Å². The summed E-state index contributed by atoms with van der Waals surface area (Å²) >= 11 is 3.06. The number of aromatic nitrogens is 1. The maximum Gasteiger partial charge on any atom is 0.422 e. The highest BCUT2D eigenvalue weighted by molar-refractivity contribution is 9.10. The van der Waals surface area contributed by atoms with Gasteiger partial charge in [0.15, 0.2) is 5.84 Å². The van der Waals surface area contributed by atoms with Gasteiger partial charge in [0.25, 0.3) is 0 Å². The number of Topliss-reactive ketones (excluding diaryl/α,β-unsaturated/α-hetero) is 1. The van der Waals surface area contributed by atoms with Crippen LogP contribution in [0.4, 0.5) is 31.2 Å². The number of nitrogens with zero attached hydrogens (tertiary/aromatic N) is 2. The number of hydrogen-bond donors (Lipinski definition) is 5. The summed E-state index contributed by atoms with van der Waals surface area (Å²) in [4.78, 5) is 42.5. The number of carbonyl (C=O) groups excluding carboxylic acids is 3. The zero-order valence-corrected chi connectivity index (χ0v) is 24.3. The van der Waals surface area contributed by atoms with E-state index >= 15 is 0 Å². The summed E-state index contributed by atoms with van der Waals surface area (Å²) in [6.45, 7) is 5.32. The summed E-state index contributed by atoms with van der Waals surface area (Å²) in [5.41, 5.74) is -0.191. The molecule has 5 N–H and O–H groups in total. The summed E-state index contributed by atoms with van der Waals surface area (Å²) in [6, 6.07) is 6.36. The van der Waals surface area contributed by atoms with E-state index in [1.54, 1.807) is 25.5 Å². The first-order valence-electron chi connectivity index (χ1n) is 12.0. The van der Waals surface area contributed by atoms with E-state index in [0.717, 1.165) is 0 Å². The van der Waals surface area contributed by atoms with Gasteiger partial charge in [-0.3, -0.25) is 14.9 Å². The molecule has 0 unspecified atom stereocenters. The molecule has 0 aliphatic carbocycles. The number of piperidine rings is 1. The SMILES string of the molecule is CC(C)(C)OC(=O)NS(=O)(=O)Nc1ccc(NC(=O)N2CCC(C(=O)C(=N)Nc3ccc(F)c(Br)c3)CC2)cn1. The first kappa shape index (κ1) is 30.7. The Morgan fingerprint density at radius 1 is 1.10 bits per heavy atom. The summed E-state index contributed by atoms with van der Waals surface area (Å²) in [5, 5.41) is 13.4. The molecule has 0 atom stereocenters. The second-order valence-electron chi connectivity index (χ2n) is 9.83. The summed E-state index contributed by atoms with van der Waals surface area (Å²) in [5.74, 6) is -1.72. The molecule has 1 fully saturated rings. The lowest BCUT2D eigenvalue weighted by atomic mass is 9.92. The maximum absolute atomic E-state index is 13.4. The first-order chi connectivity index (χ1) is 18.6. The number of pyridine rings is 1. The fourth-order valence-corrected chi connectivity index (χ4v) is 4.72. The second-order valence-corrected chi connectivity index (χ2v) is 12.1. The molecular weight excluding hydrogens is 613 g/mol. The third kappa shape index (κ3) is 9.15. The number of anilines is 3. The van der Waals surface area contributed by atoms with E-state index in [1.165, 1.54) is 41.4 Å². The molecule has 216 valence electrons. The van der Waals surface area contributed by atoms with Crippen molar-refractivity contribution in [1.29, 1.82) is 5.41 Å². The van der Waals surface area contributed by atoms with Crippen LogP contribution < -0.4 is 20.1 Å². The minimum absolute atomic E-state index is 0.0996. The molecule has 3 amide bonds. The number of likely N-dealkylation sites (tertiary alicyclic amines) is 1. The highest BCUT2D eigenvalue weighted by atomic mass is 79.9. The van der Waals surface area contributed by atoms with E-state index in [9.17, 15) is 27.2 Å². The molecule has 1 aromatic heterocycles. The van der Waals surface area contributed by atoms with Crippen LogP contribution in [0.5, 0.6) is 0 Å². The maximum atomic E-state index is 13.4. The predicted octanol–water partition coefficient (Wildman–Crippen LogP) is 4.07. The summed E-state index contributed by atoms with van der Waals surface area (Å²) in [6.07, 6.45) is 0.795. The van der Waals surface area contributed by atoms with Crippen LogP contribution in [0.1, 0.15) is 33.6 Å². The van der Waals surface area contributed by atoms with Gasteiger partial charge < -0.3 is 20.3 Å². The van der Waals surface area contributed by atoms with Gasteiger partial charge in [-0.25, -0.2) is 23.7 Å².